The molecule has 0 saturated carbocycles. The SMILES string of the molecule is Cc1csc(C(O)(CC(=O)NCc2cc(C(=O)O)c(C)o2)C(F)(F)F)n1. The summed E-state index contributed by atoms with van der Waals surface area (Å²) >= 11 is 0.603. The number of furan rings is 1. The fraction of sp³-hybridized carbons (Fsp3) is 0.400. The summed E-state index contributed by atoms with van der Waals surface area (Å²) in [4.78, 5) is 26.5. The molecule has 0 radical (unpaired) electrons. The second kappa shape index (κ2) is 7.08. The van der Waals surface area contributed by atoms with Gasteiger partial charge in [0, 0.05) is 11.1 Å². The number of carboxylic acids is 1. The Kier molecular flexibility index (Phi) is 5.42. The van der Waals surface area contributed by atoms with Crippen molar-refractivity contribution in [3.63, 3.8) is 0 Å². The van der Waals surface area contributed by atoms with Crippen LogP contribution >= 0.6 is 11.3 Å². The molecule has 142 valence electrons. The molecule has 2 aromatic rings. The third-order valence-corrected chi connectivity index (χ3v) is 4.63. The van der Waals surface area contributed by atoms with E-state index in [1.807, 2.05) is 0 Å². The van der Waals surface area contributed by atoms with Crippen molar-refractivity contribution in [3.8, 4) is 0 Å². The van der Waals surface area contributed by atoms with Crippen LogP contribution < -0.4 is 5.32 Å². The Hall–Kier alpha value is -2.40. The molecule has 0 fully saturated rings. The summed E-state index contributed by atoms with van der Waals surface area (Å²) in [5.74, 6) is -2.15. The molecule has 0 aliphatic rings. The highest BCUT2D eigenvalue weighted by Crippen LogP contribution is 2.42. The van der Waals surface area contributed by atoms with Gasteiger partial charge < -0.3 is 19.9 Å². The molecule has 2 rings (SSSR count). The molecule has 7 nitrogen and oxygen atoms in total. The van der Waals surface area contributed by atoms with Crippen molar-refractivity contribution in [2.75, 3.05) is 0 Å². The number of halogens is 3. The molecular formula is C15H15F3N2O5S. The first-order valence-electron chi connectivity index (χ1n) is 7.25. The van der Waals surface area contributed by atoms with E-state index in [-0.39, 0.29) is 23.6 Å². The number of carbonyl (C=O) groups is 2. The van der Waals surface area contributed by atoms with E-state index in [0.717, 1.165) is 6.07 Å². The monoisotopic (exact) mass is 392 g/mol. The zero-order valence-corrected chi connectivity index (χ0v) is 14.5. The molecular weight excluding hydrogens is 377 g/mol. The largest absolute Gasteiger partial charge is 0.478 e. The van der Waals surface area contributed by atoms with E-state index in [1.165, 1.54) is 19.2 Å². The molecule has 1 amide bonds. The van der Waals surface area contributed by atoms with Crippen LogP contribution in [0.15, 0.2) is 15.9 Å². The lowest BCUT2D eigenvalue weighted by Crippen LogP contribution is -2.46. The Labute approximate surface area is 149 Å². The number of rotatable bonds is 6. The maximum Gasteiger partial charge on any atom is 0.424 e. The van der Waals surface area contributed by atoms with Gasteiger partial charge in [0.05, 0.1) is 13.0 Å². The number of aryl methyl sites for hydroxylation is 2. The molecule has 2 heterocycles. The van der Waals surface area contributed by atoms with E-state index in [0.29, 0.717) is 17.0 Å². The number of nitrogens with one attached hydrogen (secondary N) is 1. The van der Waals surface area contributed by atoms with Crippen molar-refractivity contribution < 1.29 is 37.4 Å². The summed E-state index contributed by atoms with van der Waals surface area (Å²) < 4.78 is 45.1. The lowest BCUT2D eigenvalue weighted by atomic mass is 9.99. The van der Waals surface area contributed by atoms with Gasteiger partial charge in [0.25, 0.3) is 0 Å². The second-order valence-electron chi connectivity index (χ2n) is 5.59. The molecule has 26 heavy (non-hydrogen) atoms. The predicted molar refractivity (Wildman–Crippen MR) is 83.7 cm³/mol. The maximum atomic E-state index is 13.3. The molecule has 0 saturated heterocycles. The summed E-state index contributed by atoms with van der Waals surface area (Å²) in [6.07, 6.45) is -6.39. The third kappa shape index (κ3) is 4.05. The van der Waals surface area contributed by atoms with Crippen LogP contribution in [-0.4, -0.2) is 33.2 Å². The normalized spacial score (nSPS) is 14.1. The van der Waals surface area contributed by atoms with Gasteiger partial charge in [-0.15, -0.1) is 11.3 Å². The molecule has 0 aromatic carbocycles. The Balaban J connectivity index is 2.11. The number of alkyl halides is 3. The van der Waals surface area contributed by atoms with E-state index < -0.39 is 35.1 Å². The van der Waals surface area contributed by atoms with Crippen LogP contribution in [0.1, 0.15) is 39.0 Å². The lowest BCUT2D eigenvalue weighted by Gasteiger charge is -2.27. The van der Waals surface area contributed by atoms with Crippen molar-refractivity contribution in [3.05, 3.63) is 39.2 Å². The van der Waals surface area contributed by atoms with Crippen LogP contribution in [0.4, 0.5) is 13.2 Å². The van der Waals surface area contributed by atoms with Crippen molar-refractivity contribution in [2.24, 2.45) is 0 Å². The van der Waals surface area contributed by atoms with Gasteiger partial charge in [-0.3, -0.25) is 4.79 Å². The number of carboxylic acid groups (broad SMARTS) is 1. The molecule has 1 atom stereocenters. The fourth-order valence-corrected chi connectivity index (χ4v) is 3.08. The van der Waals surface area contributed by atoms with Crippen molar-refractivity contribution in [1.82, 2.24) is 10.3 Å². The Bertz CT molecular complexity index is 830. The van der Waals surface area contributed by atoms with E-state index in [4.69, 9.17) is 9.52 Å². The van der Waals surface area contributed by atoms with Gasteiger partial charge in [-0.1, -0.05) is 0 Å². The number of aliphatic hydroxyl groups is 1. The average molecular weight is 392 g/mol. The zero-order chi connectivity index (χ0) is 19.7. The van der Waals surface area contributed by atoms with Gasteiger partial charge in [0.2, 0.25) is 11.5 Å². The lowest BCUT2D eigenvalue weighted by molar-refractivity contribution is -0.267. The minimum Gasteiger partial charge on any atom is -0.478 e. The van der Waals surface area contributed by atoms with Crippen LogP contribution in [0.5, 0.6) is 0 Å². The zero-order valence-electron chi connectivity index (χ0n) is 13.7. The van der Waals surface area contributed by atoms with Crippen LogP contribution in [-0.2, 0) is 16.9 Å². The van der Waals surface area contributed by atoms with Gasteiger partial charge >= 0.3 is 12.1 Å². The summed E-state index contributed by atoms with van der Waals surface area (Å²) in [7, 11) is 0. The first kappa shape index (κ1) is 19.9. The molecule has 2 aromatic heterocycles. The van der Waals surface area contributed by atoms with Crippen LogP contribution in [0.3, 0.4) is 0 Å². The number of hydrogen-bond donors (Lipinski definition) is 3. The Morgan fingerprint density at radius 2 is 2.00 bits per heavy atom. The smallest absolute Gasteiger partial charge is 0.424 e. The van der Waals surface area contributed by atoms with Gasteiger partial charge in [-0.25, -0.2) is 9.78 Å². The summed E-state index contributed by atoms with van der Waals surface area (Å²) in [5, 5.41) is 21.9. The molecule has 1 unspecified atom stereocenters. The predicted octanol–water partition coefficient (Wildman–Crippen LogP) is 2.51. The van der Waals surface area contributed by atoms with Crippen LogP contribution in [0.25, 0.3) is 0 Å². The van der Waals surface area contributed by atoms with E-state index in [9.17, 15) is 27.9 Å². The summed E-state index contributed by atoms with van der Waals surface area (Å²) in [6.45, 7) is 2.55. The van der Waals surface area contributed by atoms with Gasteiger partial charge in [0.1, 0.15) is 22.1 Å². The first-order valence-corrected chi connectivity index (χ1v) is 8.13. The molecule has 0 aliphatic heterocycles. The highest BCUT2D eigenvalue weighted by Gasteiger charge is 2.58. The molecule has 0 spiro atoms. The second-order valence-corrected chi connectivity index (χ2v) is 6.45. The molecule has 11 heteroatoms. The fourth-order valence-electron chi connectivity index (χ4n) is 2.16. The maximum absolute atomic E-state index is 13.3. The van der Waals surface area contributed by atoms with E-state index in [2.05, 4.69) is 10.3 Å². The first-order chi connectivity index (χ1) is 11.9. The third-order valence-electron chi connectivity index (χ3n) is 3.52. The Morgan fingerprint density at radius 3 is 2.46 bits per heavy atom. The highest BCUT2D eigenvalue weighted by atomic mass is 32.1. The van der Waals surface area contributed by atoms with Crippen molar-refractivity contribution >= 4 is 23.2 Å². The molecule has 0 bridgehead atoms. The van der Waals surface area contributed by atoms with Gasteiger partial charge in [-0.2, -0.15) is 13.2 Å². The molecule has 3 N–H and O–H groups in total. The quantitative estimate of drug-likeness (QED) is 0.696. The number of carbonyl (C=O) groups excluding carboxylic acids is 1. The Morgan fingerprint density at radius 1 is 1.35 bits per heavy atom. The van der Waals surface area contributed by atoms with E-state index >= 15 is 0 Å². The molecule has 0 aliphatic carbocycles. The summed E-state index contributed by atoms with van der Waals surface area (Å²) in [6, 6.07) is 1.16. The highest BCUT2D eigenvalue weighted by molar-refractivity contribution is 7.09. The average Bonchev–Trinajstić information content (AvgIpc) is 3.10. The van der Waals surface area contributed by atoms with Gasteiger partial charge in [0.15, 0.2) is 0 Å². The minimum absolute atomic E-state index is 0.0638. The number of hydrogen-bond acceptors (Lipinski definition) is 6. The van der Waals surface area contributed by atoms with Crippen molar-refractivity contribution in [1.29, 1.82) is 0 Å². The number of nitrogens with zero attached hydrogens (tertiary/aromatic N) is 1. The van der Waals surface area contributed by atoms with Gasteiger partial charge in [-0.05, 0) is 19.9 Å². The van der Waals surface area contributed by atoms with Crippen LogP contribution in [0, 0.1) is 13.8 Å². The van der Waals surface area contributed by atoms with Crippen LogP contribution in [0.2, 0.25) is 0 Å². The number of aromatic nitrogens is 1. The number of aromatic carboxylic acids is 1. The number of amides is 1. The topological polar surface area (TPSA) is 113 Å². The summed E-state index contributed by atoms with van der Waals surface area (Å²) in [5.41, 5.74) is -3.24. The number of thiazole rings is 1. The minimum atomic E-state index is -5.10. The van der Waals surface area contributed by atoms with E-state index in [1.54, 1.807) is 0 Å². The van der Waals surface area contributed by atoms with Crippen molar-refractivity contribution in [2.45, 2.75) is 38.6 Å². The standard InChI is InChI=1S/C15H15F3N2O5S/c1-7-6-26-13(20-7)14(24,15(16,17)18)4-11(21)19-5-9-3-10(12(22)23)8(2)25-9/h3,6,24H,4-5H2,1-2H3,(H,19,21)(H,22,23).